The molecule has 1 saturated heterocycles. The van der Waals surface area contributed by atoms with E-state index in [1.54, 1.807) is 0 Å². The Morgan fingerprint density at radius 2 is 1.81 bits per heavy atom. The van der Waals surface area contributed by atoms with E-state index in [2.05, 4.69) is 32.3 Å². The molecule has 1 amide bonds. The van der Waals surface area contributed by atoms with Crippen LogP contribution in [-0.4, -0.2) is 25.2 Å². The monoisotopic (exact) mass is 429 g/mol. The molecule has 0 spiro atoms. The summed E-state index contributed by atoms with van der Waals surface area (Å²) in [4.78, 5) is 19.5. The van der Waals surface area contributed by atoms with Crippen LogP contribution in [0.3, 0.4) is 0 Å². The van der Waals surface area contributed by atoms with Crippen molar-refractivity contribution in [3.63, 3.8) is 0 Å². The maximum absolute atomic E-state index is 12.3. The number of hydrogen-bond donors (Lipinski definition) is 1. The van der Waals surface area contributed by atoms with Crippen LogP contribution in [-0.2, 0) is 4.79 Å². The summed E-state index contributed by atoms with van der Waals surface area (Å²) < 4.78 is 0.990. The molecule has 0 radical (unpaired) electrons. The van der Waals surface area contributed by atoms with E-state index in [-0.39, 0.29) is 5.91 Å². The Bertz CT molecular complexity index is 914. The molecule has 4 nitrogen and oxygen atoms in total. The molecule has 0 saturated carbocycles. The van der Waals surface area contributed by atoms with Crippen molar-refractivity contribution in [2.45, 2.75) is 13.8 Å². The zero-order valence-corrected chi connectivity index (χ0v) is 17.5. The number of nitrogens with one attached hydrogen (secondary N) is 1. The maximum atomic E-state index is 12.3. The summed E-state index contributed by atoms with van der Waals surface area (Å²) in [5, 5.41) is 3.45. The Morgan fingerprint density at radius 1 is 1.12 bits per heavy atom. The van der Waals surface area contributed by atoms with Gasteiger partial charge in [0.25, 0.3) is 5.91 Å². The van der Waals surface area contributed by atoms with Gasteiger partial charge < -0.3 is 10.2 Å². The van der Waals surface area contributed by atoms with Crippen LogP contribution in [0.4, 0.5) is 11.4 Å². The lowest BCUT2D eigenvalue weighted by atomic mass is 10.1. The first kappa shape index (κ1) is 18.7. The second kappa shape index (κ2) is 7.68. The number of amides is 1. The van der Waals surface area contributed by atoms with Crippen molar-refractivity contribution in [2.24, 2.45) is 4.99 Å². The number of carbonyl (C=O) groups excluding carboxylic acids is 1. The van der Waals surface area contributed by atoms with Crippen LogP contribution in [0.1, 0.15) is 16.7 Å². The van der Waals surface area contributed by atoms with Crippen molar-refractivity contribution in [3.8, 4) is 0 Å². The summed E-state index contributed by atoms with van der Waals surface area (Å²) in [6.07, 6.45) is 1.88. The van der Waals surface area contributed by atoms with E-state index in [9.17, 15) is 4.79 Å². The number of benzene rings is 2. The minimum Gasteiger partial charge on any atom is -0.377 e. The lowest BCUT2D eigenvalue weighted by Crippen LogP contribution is -2.19. The average molecular weight is 430 g/mol. The number of thioether (sulfide) groups is 1. The number of aliphatic imine (C=N–C) groups is 1. The fourth-order valence-electron chi connectivity index (χ4n) is 2.74. The third kappa shape index (κ3) is 4.37. The van der Waals surface area contributed by atoms with Crippen LogP contribution in [0, 0.1) is 13.8 Å². The SMILES string of the molecule is Cc1cc(C)cc(N=C2NC(=O)/C(=C/c3ccc(N(C)C)c(Br)c3)S2)c1. The summed E-state index contributed by atoms with van der Waals surface area (Å²) in [5.74, 6) is -0.120. The quantitative estimate of drug-likeness (QED) is 0.696. The minimum absolute atomic E-state index is 0.120. The van der Waals surface area contributed by atoms with Gasteiger partial charge in [0, 0.05) is 18.6 Å². The molecule has 6 heteroatoms. The number of rotatable bonds is 3. The second-order valence-corrected chi connectivity index (χ2v) is 8.32. The lowest BCUT2D eigenvalue weighted by molar-refractivity contribution is -0.115. The fourth-order valence-corrected chi connectivity index (χ4v) is 4.33. The summed E-state index contributed by atoms with van der Waals surface area (Å²) >= 11 is 4.94. The normalized spacial score (nSPS) is 17.0. The van der Waals surface area contributed by atoms with Crippen molar-refractivity contribution >= 4 is 56.2 Å². The van der Waals surface area contributed by atoms with Crippen molar-refractivity contribution in [2.75, 3.05) is 19.0 Å². The van der Waals surface area contributed by atoms with Gasteiger partial charge in [-0.3, -0.25) is 4.79 Å². The Hall–Kier alpha value is -2.05. The molecule has 26 heavy (non-hydrogen) atoms. The number of amidine groups is 1. The van der Waals surface area contributed by atoms with Gasteiger partial charge in [0.05, 0.1) is 16.3 Å². The average Bonchev–Trinajstić information content (AvgIpc) is 2.85. The summed E-state index contributed by atoms with van der Waals surface area (Å²) in [5.41, 5.74) is 5.21. The van der Waals surface area contributed by atoms with Crippen LogP contribution in [0.5, 0.6) is 0 Å². The van der Waals surface area contributed by atoms with Gasteiger partial charge in [0.15, 0.2) is 5.17 Å². The van der Waals surface area contributed by atoms with E-state index >= 15 is 0 Å². The first-order chi connectivity index (χ1) is 12.3. The van der Waals surface area contributed by atoms with E-state index in [0.29, 0.717) is 10.1 Å². The van der Waals surface area contributed by atoms with E-state index in [4.69, 9.17) is 0 Å². The smallest absolute Gasteiger partial charge is 0.264 e. The highest BCUT2D eigenvalue weighted by Crippen LogP contribution is 2.31. The second-order valence-electron chi connectivity index (χ2n) is 6.43. The van der Waals surface area contributed by atoms with Crippen LogP contribution in [0.25, 0.3) is 6.08 Å². The van der Waals surface area contributed by atoms with Crippen molar-refractivity contribution < 1.29 is 4.79 Å². The first-order valence-electron chi connectivity index (χ1n) is 8.16. The molecule has 0 aromatic heterocycles. The molecule has 134 valence electrons. The van der Waals surface area contributed by atoms with Gasteiger partial charge in [-0.25, -0.2) is 4.99 Å². The van der Waals surface area contributed by atoms with Gasteiger partial charge in [-0.05, 0) is 88.6 Å². The molecule has 0 aliphatic carbocycles. The van der Waals surface area contributed by atoms with Gasteiger partial charge in [-0.1, -0.05) is 12.1 Å². The van der Waals surface area contributed by atoms with Gasteiger partial charge in [0.1, 0.15) is 0 Å². The van der Waals surface area contributed by atoms with Crippen LogP contribution >= 0.6 is 27.7 Å². The Kier molecular flexibility index (Phi) is 5.53. The first-order valence-corrected chi connectivity index (χ1v) is 9.77. The number of carbonyl (C=O) groups is 1. The zero-order valence-electron chi connectivity index (χ0n) is 15.1. The molecular weight excluding hydrogens is 410 g/mol. The van der Waals surface area contributed by atoms with Gasteiger partial charge >= 0.3 is 0 Å². The van der Waals surface area contributed by atoms with E-state index in [1.807, 2.05) is 69.3 Å². The van der Waals surface area contributed by atoms with E-state index < -0.39 is 0 Å². The third-order valence-corrected chi connectivity index (χ3v) is 5.38. The summed E-state index contributed by atoms with van der Waals surface area (Å²) in [7, 11) is 3.99. The highest BCUT2D eigenvalue weighted by Gasteiger charge is 2.24. The van der Waals surface area contributed by atoms with Crippen LogP contribution in [0.15, 0.2) is 50.8 Å². The van der Waals surface area contributed by atoms with Gasteiger partial charge in [-0.2, -0.15) is 0 Å². The molecule has 0 atom stereocenters. The van der Waals surface area contributed by atoms with Gasteiger partial charge in [0.2, 0.25) is 0 Å². The van der Waals surface area contributed by atoms with E-state index in [0.717, 1.165) is 32.5 Å². The largest absolute Gasteiger partial charge is 0.377 e. The molecule has 2 aromatic rings. The van der Waals surface area contributed by atoms with Gasteiger partial charge in [-0.15, -0.1) is 0 Å². The Morgan fingerprint density at radius 3 is 2.42 bits per heavy atom. The topological polar surface area (TPSA) is 44.7 Å². The highest BCUT2D eigenvalue weighted by molar-refractivity contribution is 9.10. The third-order valence-electron chi connectivity index (χ3n) is 3.84. The number of nitrogens with zero attached hydrogens (tertiary/aromatic N) is 2. The van der Waals surface area contributed by atoms with E-state index in [1.165, 1.54) is 11.8 Å². The van der Waals surface area contributed by atoms with Crippen molar-refractivity contribution in [1.82, 2.24) is 5.32 Å². The molecule has 3 rings (SSSR count). The predicted octanol–water partition coefficient (Wildman–Crippen LogP) is 5.02. The molecule has 1 N–H and O–H groups in total. The Balaban J connectivity index is 1.84. The molecule has 0 unspecified atom stereocenters. The van der Waals surface area contributed by atoms with Crippen LogP contribution in [0.2, 0.25) is 0 Å². The molecule has 1 heterocycles. The number of hydrogen-bond acceptors (Lipinski definition) is 4. The standard InChI is InChI=1S/C20H20BrN3OS/c1-12-7-13(2)9-15(8-12)22-20-23-19(25)18(26-20)11-14-5-6-17(24(3)4)16(21)10-14/h5-11H,1-4H3,(H,22,23,25)/b18-11-. The lowest BCUT2D eigenvalue weighted by Gasteiger charge is -2.14. The number of aryl methyl sites for hydroxylation is 2. The number of halogens is 1. The minimum atomic E-state index is -0.120. The molecule has 1 aliphatic rings. The molecule has 1 aliphatic heterocycles. The summed E-state index contributed by atoms with van der Waals surface area (Å²) in [6, 6.07) is 12.1. The molecule has 0 bridgehead atoms. The highest BCUT2D eigenvalue weighted by atomic mass is 79.9. The van der Waals surface area contributed by atoms with Crippen molar-refractivity contribution in [3.05, 3.63) is 62.5 Å². The van der Waals surface area contributed by atoms with Crippen molar-refractivity contribution in [1.29, 1.82) is 0 Å². The maximum Gasteiger partial charge on any atom is 0.264 e. The molecule has 1 fully saturated rings. The Labute approximate surface area is 166 Å². The fraction of sp³-hybridized carbons (Fsp3) is 0.200. The summed E-state index contributed by atoms with van der Waals surface area (Å²) in [6.45, 7) is 4.08. The van der Waals surface area contributed by atoms with Crippen LogP contribution < -0.4 is 10.2 Å². The molecular formula is C20H20BrN3OS. The number of anilines is 1. The molecule has 2 aromatic carbocycles. The zero-order chi connectivity index (χ0) is 18.8. The predicted molar refractivity (Wildman–Crippen MR) is 115 cm³/mol.